The molecule has 35 heavy (non-hydrogen) atoms. The van der Waals surface area contributed by atoms with E-state index in [2.05, 4.69) is 4.99 Å². The molecule has 8 nitrogen and oxygen atoms in total. The highest BCUT2D eigenvalue weighted by molar-refractivity contribution is 6.32. The number of ether oxygens (including phenoxy) is 3. The van der Waals surface area contributed by atoms with Crippen molar-refractivity contribution in [2.45, 2.75) is 20.5 Å². The molecule has 1 heterocycles. The molecule has 9 heteroatoms. The van der Waals surface area contributed by atoms with Crippen molar-refractivity contribution in [3.63, 3.8) is 0 Å². The topological polar surface area (TPSA) is 100 Å². The fraction of sp³-hybridized carbons (Fsp3) is 0.154. The van der Waals surface area contributed by atoms with Crippen molar-refractivity contribution in [1.29, 1.82) is 0 Å². The molecule has 0 aliphatic carbocycles. The monoisotopic (exact) mass is 492 g/mol. The quantitative estimate of drug-likeness (QED) is 0.179. The Labute approximate surface area is 206 Å². The number of carbonyl (C=O) groups is 1. The zero-order valence-electron chi connectivity index (χ0n) is 19.2. The third-order valence-corrected chi connectivity index (χ3v) is 5.61. The van der Waals surface area contributed by atoms with Crippen LogP contribution in [0, 0.1) is 24.0 Å². The molecule has 4 rings (SSSR count). The van der Waals surface area contributed by atoms with Gasteiger partial charge in [-0.15, -0.1) is 0 Å². The zero-order valence-corrected chi connectivity index (χ0v) is 20.0. The smallest absolute Gasteiger partial charge is 0.363 e. The minimum Gasteiger partial charge on any atom is -0.493 e. The summed E-state index contributed by atoms with van der Waals surface area (Å²) >= 11 is 6.46. The number of nitro groups is 1. The van der Waals surface area contributed by atoms with Gasteiger partial charge in [0.05, 0.1) is 17.1 Å². The minimum atomic E-state index is -0.682. The van der Waals surface area contributed by atoms with E-state index in [1.165, 1.54) is 19.3 Å². The second kappa shape index (κ2) is 9.99. The minimum absolute atomic E-state index is 0.0135. The first kappa shape index (κ1) is 24.0. The molecule has 178 valence electrons. The van der Waals surface area contributed by atoms with E-state index in [1.54, 1.807) is 31.2 Å². The van der Waals surface area contributed by atoms with E-state index < -0.39 is 10.9 Å². The lowest BCUT2D eigenvalue weighted by molar-refractivity contribution is -0.385. The van der Waals surface area contributed by atoms with Crippen molar-refractivity contribution < 1.29 is 23.9 Å². The van der Waals surface area contributed by atoms with Crippen molar-refractivity contribution in [3.8, 4) is 11.5 Å². The largest absolute Gasteiger partial charge is 0.493 e. The Bertz CT molecular complexity index is 1380. The van der Waals surface area contributed by atoms with Gasteiger partial charge in [0.1, 0.15) is 6.61 Å². The molecular weight excluding hydrogens is 472 g/mol. The number of carbonyl (C=O) groups excluding carboxylic acids is 1. The van der Waals surface area contributed by atoms with E-state index in [0.717, 1.165) is 11.1 Å². The molecule has 0 amide bonds. The summed E-state index contributed by atoms with van der Waals surface area (Å²) in [5, 5.41) is 11.5. The first-order valence-electron chi connectivity index (χ1n) is 10.6. The zero-order chi connectivity index (χ0) is 25.1. The summed E-state index contributed by atoms with van der Waals surface area (Å²) in [6.07, 6.45) is 1.50. The van der Waals surface area contributed by atoms with Crippen LogP contribution in [0.15, 0.2) is 65.3 Å². The maximum Gasteiger partial charge on any atom is 0.363 e. The number of nitro benzene ring substituents is 1. The van der Waals surface area contributed by atoms with Gasteiger partial charge in [0, 0.05) is 17.2 Å². The maximum atomic E-state index is 12.4. The lowest BCUT2D eigenvalue weighted by atomic mass is 10.1. The van der Waals surface area contributed by atoms with E-state index in [-0.39, 0.29) is 17.3 Å². The fourth-order valence-corrected chi connectivity index (χ4v) is 3.71. The molecule has 3 aromatic rings. The summed E-state index contributed by atoms with van der Waals surface area (Å²) in [6.45, 7) is 3.94. The maximum absolute atomic E-state index is 12.4. The molecule has 3 aromatic carbocycles. The van der Waals surface area contributed by atoms with Gasteiger partial charge in [-0.3, -0.25) is 10.1 Å². The first-order chi connectivity index (χ1) is 16.7. The lowest BCUT2D eigenvalue weighted by Gasteiger charge is -2.13. The van der Waals surface area contributed by atoms with Crippen LogP contribution in [0.1, 0.15) is 27.8 Å². The van der Waals surface area contributed by atoms with Gasteiger partial charge in [-0.25, -0.2) is 9.79 Å². The van der Waals surface area contributed by atoms with Crippen LogP contribution in [-0.4, -0.2) is 23.9 Å². The highest BCUT2D eigenvalue weighted by Crippen LogP contribution is 2.38. The molecule has 0 radical (unpaired) electrons. The molecule has 0 N–H and O–H groups in total. The van der Waals surface area contributed by atoms with Gasteiger partial charge in [-0.2, -0.15) is 0 Å². The number of esters is 1. The van der Waals surface area contributed by atoms with Crippen molar-refractivity contribution in [2.75, 3.05) is 7.11 Å². The van der Waals surface area contributed by atoms with Crippen LogP contribution in [0.25, 0.3) is 6.08 Å². The highest BCUT2D eigenvalue weighted by atomic mass is 35.5. The molecule has 0 atom stereocenters. The average Bonchev–Trinajstić information content (AvgIpc) is 3.19. The van der Waals surface area contributed by atoms with Crippen LogP contribution in [0.3, 0.4) is 0 Å². The van der Waals surface area contributed by atoms with Gasteiger partial charge >= 0.3 is 5.97 Å². The number of aryl methyl sites for hydroxylation is 2. The molecule has 0 saturated heterocycles. The SMILES string of the molecule is COc1cc(/C=C2\N=C(c3ccc(C)c([N+](=O)[O-])c3)OC2=O)cc(Cl)c1OCc1ccc(C)cc1. The third-order valence-electron chi connectivity index (χ3n) is 5.33. The van der Waals surface area contributed by atoms with Gasteiger partial charge in [0.2, 0.25) is 5.90 Å². The molecule has 0 aromatic heterocycles. The summed E-state index contributed by atoms with van der Waals surface area (Å²) in [5.41, 5.74) is 3.43. The standard InChI is InChI=1S/C26H21ClN2O6/c1-15-4-7-17(8-5-15)14-34-24-20(27)10-18(12-23(24)33-3)11-21-26(30)35-25(28-21)19-9-6-16(2)22(13-19)29(31)32/h4-13H,14H2,1-3H3/b21-11-. The van der Waals surface area contributed by atoms with Gasteiger partial charge in [0.25, 0.3) is 5.69 Å². The summed E-state index contributed by atoms with van der Waals surface area (Å²) in [5.74, 6) is 0.0710. The number of halogens is 1. The summed E-state index contributed by atoms with van der Waals surface area (Å²) in [7, 11) is 1.49. The van der Waals surface area contributed by atoms with Crippen LogP contribution >= 0.6 is 11.6 Å². The van der Waals surface area contributed by atoms with Crippen molar-refractivity contribution in [3.05, 3.63) is 103 Å². The summed E-state index contributed by atoms with van der Waals surface area (Å²) in [4.78, 5) is 27.4. The Kier molecular flexibility index (Phi) is 6.84. The van der Waals surface area contributed by atoms with Gasteiger partial charge in [0.15, 0.2) is 17.2 Å². The van der Waals surface area contributed by atoms with Crippen LogP contribution in [0.4, 0.5) is 5.69 Å². The van der Waals surface area contributed by atoms with Crippen LogP contribution in [0.2, 0.25) is 5.02 Å². The molecule has 1 aliphatic rings. The summed E-state index contributed by atoms with van der Waals surface area (Å²) in [6, 6.07) is 15.7. The second-order valence-corrected chi connectivity index (χ2v) is 8.31. The van der Waals surface area contributed by atoms with E-state index in [9.17, 15) is 14.9 Å². The van der Waals surface area contributed by atoms with Gasteiger partial charge in [-0.05, 0) is 49.2 Å². The predicted octanol–water partition coefficient (Wildman–Crippen LogP) is 5.80. The highest BCUT2D eigenvalue weighted by Gasteiger charge is 2.26. The number of hydrogen-bond donors (Lipinski definition) is 0. The number of cyclic esters (lactones) is 1. The Hall–Kier alpha value is -4.17. The Morgan fingerprint density at radius 1 is 1.11 bits per heavy atom. The Morgan fingerprint density at radius 2 is 1.86 bits per heavy atom. The van der Waals surface area contributed by atoms with E-state index in [1.807, 2.05) is 31.2 Å². The Balaban J connectivity index is 1.60. The molecule has 0 bridgehead atoms. The van der Waals surface area contributed by atoms with Gasteiger partial charge in [-0.1, -0.05) is 47.5 Å². The lowest BCUT2D eigenvalue weighted by Crippen LogP contribution is -2.06. The van der Waals surface area contributed by atoms with Crippen molar-refractivity contribution in [2.24, 2.45) is 4.99 Å². The van der Waals surface area contributed by atoms with Crippen LogP contribution in [0.5, 0.6) is 11.5 Å². The number of hydrogen-bond acceptors (Lipinski definition) is 7. The van der Waals surface area contributed by atoms with Crippen LogP contribution < -0.4 is 9.47 Å². The van der Waals surface area contributed by atoms with E-state index in [0.29, 0.717) is 39.8 Å². The number of aliphatic imine (C=N–C) groups is 1. The molecule has 0 unspecified atom stereocenters. The molecule has 0 saturated carbocycles. The molecular formula is C26H21ClN2O6. The van der Waals surface area contributed by atoms with Crippen molar-refractivity contribution >= 4 is 35.2 Å². The first-order valence-corrected chi connectivity index (χ1v) is 11.0. The number of benzene rings is 3. The van der Waals surface area contributed by atoms with E-state index >= 15 is 0 Å². The number of methoxy groups -OCH3 is 1. The number of nitrogens with zero attached hydrogens (tertiary/aromatic N) is 2. The molecule has 0 fully saturated rings. The molecule has 0 spiro atoms. The summed E-state index contributed by atoms with van der Waals surface area (Å²) < 4.78 is 16.6. The third kappa shape index (κ3) is 5.33. The number of rotatable bonds is 7. The molecule has 1 aliphatic heterocycles. The second-order valence-electron chi connectivity index (χ2n) is 7.90. The van der Waals surface area contributed by atoms with Gasteiger partial charge < -0.3 is 14.2 Å². The predicted molar refractivity (Wildman–Crippen MR) is 132 cm³/mol. The normalized spacial score (nSPS) is 14.0. The Morgan fingerprint density at radius 3 is 2.54 bits per heavy atom. The fourth-order valence-electron chi connectivity index (χ4n) is 3.43. The van der Waals surface area contributed by atoms with Crippen molar-refractivity contribution in [1.82, 2.24) is 0 Å². The average molecular weight is 493 g/mol. The van der Waals surface area contributed by atoms with Crippen LogP contribution in [-0.2, 0) is 16.1 Å². The van der Waals surface area contributed by atoms with E-state index in [4.69, 9.17) is 25.8 Å².